The number of aryl methyl sites for hydroxylation is 1. The zero-order chi connectivity index (χ0) is 14.8. The predicted molar refractivity (Wildman–Crippen MR) is 75.5 cm³/mol. The molecule has 1 aliphatic rings. The molecule has 6 nitrogen and oxygen atoms in total. The number of hydrogen-bond acceptors (Lipinski definition) is 5. The van der Waals surface area contributed by atoms with Gasteiger partial charge in [0.1, 0.15) is 0 Å². The monoisotopic (exact) mass is 299 g/mol. The van der Waals surface area contributed by atoms with E-state index in [2.05, 4.69) is 9.97 Å². The fourth-order valence-electron chi connectivity index (χ4n) is 2.53. The Labute approximate surface area is 119 Å². The summed E-state index contributed by atoms with van der Waals surface area (Å²) >= 11 is 0. The first-order valence-corrected chi connectivity index (χ1v) is 8.63. The van der Waals surface area contributed by atoms with Crippen molar-refractivity contribution in [2.24, 2.45) is 5.92 Å². The molecule has 0 radical (unpaired) electrons. The maximum Gasteiger partial charge on any atom is 0.211 e. The lowest BCUT2D eigenvalue weighted by Crippen LogP contribution is -2.39. The molecule has 0 saturated carbocycles. The molecular formula is C13H21N3O3S. The molecule has 20 heavy (non-hydrogen) atoms. The second-order valence-electron chi connectivity index (χ2n) is 5.46. The Morgan fingerprint density at radius 3 is 2.80 bits per heavy atom. The van der Waals surface area contributed by atoms with Gasteiger partial charge in [0.05, 0.1) is 29.9 Å². The third-order valence-electron chi connectivity index (χ3n) is 3.65. The lowest BCUT2D eigenvalue weighted by Gasteiger charge is -2.31. The lowest BCUT2D eigenvalue weighted by molar-refractivity contribution is 0.119. The first kappa shape index (κ1) is 15.3. The van der Waals surface area contributed by atoms with Gasteiger partial charge in [-0.25, -0.2) is 12.7 Å². The van der Waals surface area contributed by atoms with E-state index < -0.39 is 16.1 Å². The van der Waals surface area contributed by atoms with Crippen molar-refractivity contribution in [3.05, 3.63) is 23.8 Å². The molecule has 1 saturated heterocycles. The third-order valence-corrected chi connectivity index (χ3v) is 4.92. The molecule has 1 aromatic heterocycles. The SMILES string of the molecule is Cc1cnc(C(O)CC2CCCN(S(C)(=O)=O)C2)cn1. The number of piperidine rings is 1. The fourth-order valence-corrected chi connectivity index (χ4v) is 3.47. The van der Waals surface area contributed by atoms with Gasteiger partial charge in [-0.2, -0.15) is 0 Å². The van der Waals surface area contributed by atoms with Gasteiger partial charge in [0.15, 0.2) is 0 Å². The average Bonchev–Trinajstić information content (AvgIpc) is 2.38. The summed E-state index contributed by atoms with van der Waals surface area (Å²) < 4.78 is 24.6. The van der Waals surface area contributed by atoms with E-state index in [9.17, 15) is 13.5 Å². The van der Waals surface area contributed by atoms with Crippen molar-refractivity contribution in [1.29, 1.82) is 0 Å². The zero-order valence-electron chi connectivity index (χ0n) is 11.9. The molecule has 0 spiro atoms. The van der Waals surface area contributed by atoms with E-state index in [4.69, 9.17) is 0 Å². The summed E-state index contributed by atoms with van der Waals surface area (Å²) in [6.45, 7) is 2.90. The van der Waals surface area contributed by atoms with Gasteiger partial charge in [-0.3, -0.25) is 9.97 Å². The van der Waals surface area contributed by atoms with Crippen molar-refractivity contribution < 1.29 is 13.5 Å². The van der Waals surface area contributed by atoms with Crippen LogP contribution in [0.1, 0.15) is 36.8 Å². The van der Waals surface area contributed by atoms with Crippen LogP contribution in [0.5, 0.6) is 0 Å². The number of hydrogen-bond donors (Lipinski definition) is 1. The highest BCUT2D eigenvalue weighted by molar-refractivity contribution is 7.88. The predicted octanol–water partition coefficient (Wildman–Crippen LogP) is 0.880. The van der Waals surface area contributed by atoms with Gasteiger partial charge in [0.2, 0.25) is 10.0 Å². The minimum Gasteiger partial charge on any atom is -0.387 e. The maximum atomic E-state index is 11.6. The van der Waals surface area contributed by atoms with Crippen LogP contribution < -0.4 is 0 Å². The summed E-state index contributed by atoms with van der Waals surface area (Å²) in [6, 6.07) is 0. The first-order chi connectivity index (χ1) is 9.36. The molecule has 2 rings (SSSR count). The summed E-state index contributed by atoms with van der Waals surface area (Å²) in [5.41, 5.74) is 1.36. The standard InChI is InChI=1S/C13H21N3O3S/c1-10-7-15-12(8-14-10)13(17)6-11-4-3-5-16(9-11)20(2,18)19/h7-8,11,13,17H,3-6,9H2,1-2H3. The van der Waals surface area contributed by atoms with Crippen LogP contribution in [0.3, 0.4) is 0 Å². The van der Waals surface area contributed by atoms with Gasteiger partial charge < -0.3 is 5.11 Å². The Balaban J connectivity index is 1.97. The van der Waals surface area contributed by atoms with Crippen molar-refractivity contribution in [3.63, 3.8) is 0 Å². The number of aliphatic hydroxyl groups is 1. The summed E-state index contributed by atoms with van der Waals surface area (Å²) in [5, 5.41) is 10.2. The molecule has 0 aliphatic carbocycles. The summed E-state index contributed by atoms with van der Waals surface area (Å²) in [4.78, 5) is 8.29. The van der Waals surface area contributed by atoms with E-state index in [0.29, 0.717) is 25.2 Å². The number of rotatable bonds is 4. The van der Waals surface area contributed by atoms with Crippen LogP contribution in [0.15, 0.2) is 12.4 Å². The van der Waals surface area contributed by atoms with Crippen LogP contribution in [0.25, 0.3) is 0 Å². The zero-order valence-corrected chi connectivity index (χ0v) is 12.7. The molecule has 1 N–H and O–H groups in total. The van der Waals surface area contributed by atoms with Crippen molar-refractivity contribution in [2.45, 2.75) is 32.3 Å². The van der Waals surface area contributed by atoms with Crippen LogP contribution in [-0.4, -0.2) is 47.1 Å². The Bertz CT molecular complexity index is 544. The average molecular weight is 299 g/mol. The van der Waals surface area contributed by atoms with Crippen molar-refractivity contribution in [2.75, 3.05) is 19.3 Å². The molecule has 1 fully saturated rings. The quantitative estimate of drug-likeness (QED) is 0.892. The molecule has 1 aromatic rings. The Morgan fingerprint density at radius 2 is 2.20 bits per heavy atom. The van der Waals surface area contributed by atoms with Gasteiger partial charge >= 0.3 is 0 Å². The Hall–Kier alpha value is -1.05. The number of sulfonamides is 1. The summed E-state index contributed by atoms with van der Waals surface area (Å²) in [5.74, 6) is 0.163. The second kappa shape index (κ2) is 6.15. The van der Waals surface area contributed by atoms with E-state index in [-0.39, 0.29) is 5.92 Å². The Kier molecular flexibility index (Phi) is 4.72. The first-order valence-electron chi connectivity index (χ1n) is 6.78. The third kappa shape index (κ3) is 3.97. The summed E-state index contributed by atoms with van der Waals surface area (Å²) in [7, 11) is -3.14. The normalized spacial score (nSPS) is 22.6. The molecule has 112 valence electrons. The highest BCUT2D eigenvalue weighted by atomic mass is 32.2. The van der Waals surface area contributed by atoms with E-state index in [1.165, 1.54) is 10.6 Å². The molecule has 1 aliphatic heterocycles. The van der Waals surface area contributed by atoms with Crippen molar-refractivity contribution >= 4 is 10.0 Å². The minimum absolute atomic E-state index is 0.163. The molecule has 2 atom stereocenters. The largest absolute Gasteiger partial charge is 0.387 e. The number of nitrogens with zero attached hydrogens (tertiary/aromatic N) is 3. The highest BCUT2D eigenvalue weighted by Gasteiger charge is 2.27. The van der Waals surface area contributed by atoms with Gasteiger partial charge in [0, 0.05) is 19.3 Å². The Morgan fingerprint density at radius 1 is 1.45 bits per heavy atom. The summed E-state index contributed by atoms with van der Waals surface area (Å²) in [6.07, 6.45) is 6.04. The molecule has 0 aromatic carbocycles. The van der Waals surface area contributed by atoms with Crippen molar-refractivity contribution in [1.82, 2.24) is 14.3 Å². The molecular weight excluding hydrogens is 278 g/mol. The van der Waals surface area contributed by atoms with Gasteiger partial charge in [0.25, 0.3) is 0 Å². The van der Waals surface area contributed by atoms with Crippen molar-refractivity contribution in [3.8, 4) is 0 Å². The molecule has 7 heteroatoms. The minimum atomic E-state index is -3.14. The molecule has 2 unspecified atom stereocenters. The van der Waals surface area contributed by atoms with E-state index in [0.717, 1.165) is 18.5 Å². The molecule has 2 heterocycles. The molecule has 0 bridgehead atoms. The maximum absolute atomic E-state index is 11.6. The topological polar surface area (TPSA) is 83.4 Å². The highest BCUT2D eigenvalue weighted by Crippen LogP contribution is 2.27. The fraction of sp³-hybridized carbons (Fsp3) is 0.692. The van der Waals surface area contributed by atoms with E-state index in [1.54, 1.807) is 12.4 Å². The van der Waals surface area contributed by atoms with E-state index >= 15 is 0 Å². The van der Waals surface area contributed by atoms with Gasteiger partial charge in [-0.05, 0) is 32.1 Å². The molecule has 0 amide bonds. The lowest BCUT2D eigenvalue weighted by atomic mass is 9.92. The van der Waals surface area contributed by atoms with Crippen LogP contribution in [-0.2, 0) is 10.0 Å². The number of aromatic nitrogens is 2. The van der Waals surface area contributed by atoms with Gasteiger partial charge in [-0.1, -0.05) is 0 Å². The van der Waals surface area contributed by atoms with Crippen LogP contribution in [0.4, 0.5) is 0 Å². The van der Waals surface area contributed by atoms with E-state index in [1.807, 2.05) is 6.92 Å². The van der Waals surface area contributed by atoms with Crippen LogP contribution in [0, 0.1) is 12.8 Å². The second-order valence-corrected chi connectivity index (χ2v) is 7.45. The van der Waals surface area contributed by atoms with Gasteiger partial charge in [-0.15, -0.1) is 0 Å². The smallest absolute Gasteiger partial charge is 0.211 e. The number of aliphatic hydroxyl groups excluding tert-OH is 1. The van der Waals surface area contributed by atoms with Crippen LogP contribution >= 0.6 is 0 Å². The van der Waals surface area contributed by atoms with Crippen LogP contribution in [0.2, 0.25) is 0 Å².